The Bertz CT molecular complexity index is 66.9. The second-order valence-corrected chi connectivity index (χ2v) is 2.44. The van der Waals surface area contributed by atoms with Crippen LogP contribution in [0.1, 0.15) is 19.8 Å². The molecular formula is C6H13NO. The van der Waals surface area contributed by atoms with Gasteiger partial charge in [0.05, 0.1) is 6.10 Å². The molecule has 1 aliphatic heterocycles. The van der Waals surface area contributed by atoms with E-state index in [1.54, 1.807) is 0 Å². The van der Waals surface area contributed by atoms with Crippen LogP contribution in [0.4, 0.5) is 0 Å². The summed E-state index contributed by atoms with van der Waals surface area (Å²) in [6.07, 6.45) is 2.19. The molecule has 1 saturated heterocycles. The molecule has 1 heterocycles. The summed E-state index contributed by atoms with van der Waals surface area (Å²) < 4.78 is 0. The lowest BCUT2D eigenvalue weighted by Crippen LogP contribution is -2.32. The highest BCUT2D eigenvalue weighted by Crippen LogP contribution is 2.07. The SMILES string of the molecule is C[C@@H](O)[C@H]1CCCN1. The van der Waals surface area contributed by atoms with E-state index < -0.39 is 0 Å². The van der Waals surface area contributed by atoms with Crippen molar-refractivity contribution in [2.45, 2.75) is 31.9 Å². The quantitative estimate of drug-likeness (QED) is 0.508. The maximum absolute atomic E-state index is 8.99. The van der Waals surface area contributed by atoms with Crippen molar-refractivity contribution in [3.8, 4) is 0 Å². The normalized spacial score (nSPS) is 33.0. The summed E-state index contributed by atoms with van der Waals surface area (Å²) in [5, 5.41) is 12.2. The minimum atomic E-state index is -0.169. The largest absolute Gasteiger partial charge is 0.392 e. The van der Waals surface area contributed by atoms with Gasteiger partial charge in [-0.3, -0.25) is 0 Å². The zero-order chi connectivity index (χ0) is 5.98. The van der Waals surface area contributed by atoms with Crippen molar-refractivity contribution in [2.75, 3.05) is 6.54 Å². The van der Waals surface area contributed by atoms with Crippen molar-refractivity contribution in [1.82, 2.24) is 5.32 Å². The first-order valence-corrected chi connectivity index (χ1v) is 3.22. The van der Waals surface area contributed by atoms with Crippen LogP contribution >= 0.6 is 0 Å². The molecule has 2 heteroatoms. The third-order valence-corrected chi connectivity index (χ3v) is 1.68. The highest BCUT2D eigenvalue weighted by atomic mass is 16.3. The van der Waals surface area contributed by atoms with Crippen molar-refractivity contribution >= 4 is 0 Å². The lowest BCUT2D eigenvalue weighted by Gasteiger charge is -2.11. The smallest absolute Gasteiger partial charge is 0.0665 e. The van der Waals surface area contributed by atoms with E-state index in [9.17, 15) is 0 Å². The maximum Gasteiger partial charge on any atom is 0.0665 e. The van der Waals surface area contributed by atoms with Gasteiger partial charge in [-0.2, -0.15) is 0 Å². The van der Waals surface area contributed by atoms with Gasteiger partial charge in [-0.1, -0.05) is 0 Å². The van der Waals surface area contributed by atoms with E-state index in [0.717, 1.165) is 13.0 Å². The van der Waals surface area contributed by atoms with E-state index in [-0.39, 0.29) is 6.10 Å². The van der Waals surface area contributed by atoms with E-state index in [0.29, 0.717) is 6.04 Å². The molecule has 0 aliphatic carbocycles. The minimum Gasteiger partial charge on any atom is -0.392 e. The molecule has 8 heavy (non-hydrogen) atoms. The summed E-state index contributed by atoms with van der Waals surface area (Å²) in [6, 6.07) is 0.370. The van der Waals surface area contributed by atoms with Crippen molar-refractivity contribution in [3.05, 3.63) is 0 Å². The van der Waals surface area contributed by atoms with E-state index >= 15 is 0 Å². The van der Waals surface area contributed by atoms with E-state index in [1.165, 1.54) is 6.42 Å². The molecule has 0 unspecified atom stereocenters. The lowest BCUT2D eigenvalue weighted by atomic mass is 10.1. The molecule has 0 saturated carbocycles. The zero-order valence-corrected chi connectivity index (χ0v) is 5.22. The van der Waals surface area contributed by atoms with Gasteiger partial charge >= 0.3 is 0 Å². The molecular weight excluding hydrogens is 102 g/mol. The van der Waals surface area contributed by atoms with Crippen LogP contribution in [0.3, 0.4) is 0 Å². The average molecular weight is 115 g/mol. The molecule has 2 N–H and O–H groups in total. The molecule has 2 nitrogen and oxygen atoms in total. The van der Waals surface area contributed by atoms with Crippen molar-refractivity contribution < 1.29 is 5.11 Å². The molecule has 1 aliphatic rings. The summed E-state index contributed by atoms with van der Waals surface area (Å²) in [4.78, 5) is 0. The van der Waals surface area contributed by atoms with E-state index in [2.05, 4.69) is 5.32 Å². The second kappa shape index (κ2) is 2.46. The highest BCUT2D eigenvalue weighted by Gasteiger charge is 2.17. The Morgan fingerprint density at radius 1 is 1.75 bits per heavy atom. The fraction of sp³-hybridized carbons (Fsp3) is 1.00. The second-order valence-electron chi connectivity index (χ2n) is 2.44. The van der Waals surface area contributed by atoms with Gasteiger partial charge in [0.2, 0.25) is 0 Å². The van der Waals surface area contributed by atoms with E-state index in [1.807, 2.05) is 6.92 Å². The summed E-state index contributed by atoms with van der Waals surface area (Å²) in [7, 11) is 0. The van der Waals surface area contributed by atoms with Crippen LogP contribution in [0.15, 0.2) is 0 Å². The monoisotopic (exact) mass is 115 g/mol. The Hall–Kier alpha value is -0.0800. The summed E-state index contributed by atoms with van der Waals surface area (Å²) in [5.41, 5.74) is 0. The van der Waals surface area contributed by atoms with Gasteiger partial charge in [-0.15, -0.1) is 0 Å². The number of aliphatic hydroxyl groups excluding tert-OH is 1. The molecule has 0 amide bonds. The van der Waals surface area contributed by atoms with Crippen LogP contribution in [0.25, 0.3) is 0 Å². The van der Waals surface area contributed by atoms with Crippen molar-refractivity contribution in [3.63, 3.8) is 0 Å². The van der Waals surface area contributed by atoms with Crippen LogP contribution < -0.4 is 5.32 Å². The maximum atomic E-state index is 8.99. The summed E-state index contributed by atoms with van der Waals surface area (Å²) in [5.74, 6) is 0. The van der Waals surface area contributed by atoms with Crippen LogP contribution in [-0.4, -0.2) is 23.8 Å². The van der Waals surface area contributed by atoms with Gasteiger partial charge in [0.1, 0.15) is 0 Å². The fourth-order valence-corrected chi connectivity index (χ4v) is 1.12. The number of nitrogens with one attached hydrogen (secondary N) is 1. The first-order valence-electron chi connectivity index (χ1n) is 3.22. The third-order valence-electron chi connectivity index (χ3n) is 1.68. The molecule has 2 atom stereocenters. The zero-order valence-electron chi connectivity index (χ0n) is 5.22. The molecule has 0 bridgehead atoms. The summed E-state index contributed by atoms with van der Waals surface area (Å²) in [6.45, 7) is 2.92. The Labute approximate surface area is 49.9 Å². The molecule has 0 aromatic carbocycles. The fourth-order valence-electron chi connectivity index (χ4n) is 1.12. The molecule has 1 rings (SSSR count). The number of hydrogen-bond acceptors (Lipinski definition) is 2. The molecule has 0 radical (unpaired) electrons. The Kier molecular flexibility index (Phi) is 1.86. The van der Waals surface area contributed by atoms with Crippen LogP contribution in [0.5, 0.6) is 0 Å². The summed E-state index contributed by atoms with van der Waals surface area (Å²) >= 11 is 0. The number of aliphatic hydroxyl groups is 1. The Balaban J connectivity index is 2.24. The van der Waals surface area contributed by atoms with Gasteiger partial charge in [-0.25, -0.2) is 0 Å². The van der Waals surface area contributed by atoms with Crippen LogP contribution in [0.2, 0.25) is 0 Å². The molecule has 0 aromatic rings. The van der Waals surface area contributed by atoms with Gasteiger partial charge in [0.15, 0.2) is 0 Å². The van der Waals surface area contributed by atoms with Crippen LogP contribution in [-0.2, 0) is 0 Å². The lowest BCUT2D eigenvalue weighted by molar-refractivity contribution is 0.154. The van der Waals surface area contributed by atoms with E-state index in [4.69, 9.17) is 5.11 Å². The van der Waals surface area contributed by atoms with Crippen molar-refractivity contribution in [2.24, 2.45) is 0 Å². The predicted molar refractivity (Wildman–Crippen MR) is 32.7 cm³/mol. The van der Waals surface area contributed by atoms with Gasteiger partial charge in [0, 0.05) is 6.04 Å². The molecule has 1 fully saturated rings. The average Bonchev–Trinajstić information content (AvgIpc) is 2.12. The Morgan fingerprint density at radius 2 is 2.50 bits per heavy atom. The number of hydrogen-bond donors (Lipinski definition) is 2. The number of rotatable bonds is 1. The molecule has 48 valence electrons. The van der Waals surface area contributed by atoms with Gasteiger partial charge in [-0.05, 0) is 26.3 Å². The first-order chi connectivity index (χ1) is 3.80. The standard InChI is InChI=1S/C6H13NO/c1-5(8)6-3-2-4-7-6/h5-8H,2-4H2,1H3/t5-,6-/m1/s1. The minimum absolute atomic E-state index is 0.169. The van der Waals surface area contributed by atoms with Crippen molar-refractivity contribution in [1.29, 1.82) is 0 Å². The third kappa shape index (κ3) is 1.20. The topological polar surface area (TPSA) is 32.3 Å². The van der Waals surface area contributed by atoms with Crippen LogP contribution in [0, 0.1) is 0 Å². The van der Waals surface area contributed by atoms with Gasteiger partial charge < -0.3 is 10.4 Å². The first kappa shape index (κ1) is 6.05. The Morgan fingerprint density at radius 3 is 2.75 bits per heavy atom. The molecule has 0 aromatic heterocycles. The predicted octanol–water partition coefficient (Wildman–Crippen LogP) is 0.119. The highest BCUT2D eigenvalue weighted by molar-refractivity contribution is 4.77. The van der Waals surface area contributed by atoms with Gasteiger partial charge in [0.25, 0.3) is 0 Å². The molecule has 0 spiro atoms.